The average molecular weight is 238 g/mol. The van der Waals surface area contributed by atoms with Crippen LogP contribution in [0.2, 0.25) is 0 Å². The van der Waals surface area contributed by atoms with Crippen molar-refractivity contribution < 1.29 is 4.42 Å². The predicted molar refractivity (Wildman–Crippen MR) is 68.2 cm³/mol. The topological polar surface area (TPSA) is 54.0 Å². The van der Waals surface area contributed by atoms with E-state index in [1.54, 1.807) is 6.34 Å². The summed E-state index contributed by atoms with van der Waals surface area (Å²) >= 11 is 0. The molecule has 18 heavy (non-hydrogen) atoms. The maximum absolute atomic E-state index is 5.68. The number of aliphatic imine (C=N–C) groups is 2. The molecule has 0 amide bonds. The third-order valence-corrected chi connectivity index (χ3v) is 3.03. The van der Waals surface area contributed by atoms with Gasteiger partial charge in [0.2, 0.25) is 5.89 Å². The van der Waals surface area contributed by atoms with Gasteiger partial charge < -0.3 is 9.32 Å². The Labute approximate surface area is 104 Å². The van der Waals surface area contributed by atoms with Gasteiger partial charge in [0, 0.05) is 12.1 Å². The molecule has 2 aliphatic heterocycles. The molecule has 0 fully saturated rings. The third-order valence-electron chi connectivity index (χ3n) is 3.03. The lowest BCUT2D eigenvalue weighted by atomic mass is 10.2. The van der Waals surface area contributed by atoms with Gasteiger partial charge in [-0.15, -0.1) is 0 Å². The monoisotopic (exact) mass is 238 g/mol. The lowest BCUT2D eigenvalue weighted by molar-refractivity contribution is 0.578. The van der Waals surface area contributed by atoms with Crippen molar-refractivity contribution in [2.45, 2.75) is 0 Å². The predicted octanol–water partition coefficient (Wildman–Crippen LogP) is 2.08. The van der Waals surface area contributed by atoms with Gasteiger partial charge in [-0.3, -0.25) is 4.99 Å². The fraction of sp³-hybridized carbons (Fsp3) is 0.154. The Balaban J connectivity index is 1.85. The number of nitrogens with zero attached hydrogens (tertiary/aromatic N) is 4. The quantitative estimate of drug-likeness (QED) is 0.764. The largest absolute Gasteiger partial charge is 0.417 e. The SMILES string of the molecule is C1=Nc2oc(-c3ccccc3)nc2C2=NCCN12. The Morgan fingerprint density at radius 2 is 2.06 bits per heavy atom. The number of hydrogen-bond acceptors (Lipinski definition) is 5. The molecule has 4 rings (SSSR count). The highest BCUT2D eigenvalue weighted by Crippen LogP contribution is 2.31. The normalized spacial score (nSPS) is 16.4. The van der Waals surface area contributed by atoms with Gasteiger partial charge in [-0.1, -0.05) is 18.2 Å². The second-order valence-corrected chi connectivity index (χ2v) is 4.18. The van der Waals surface area contributed by atoms with E-state index < -0.39 is 0 Å². The Kier molecular flexibility index (Phi) is 1.88. The van der Waals surface area contributed by atoms with Crippen LogP contribution in [0.5, 0.6) is 0 Å². The minimum Gasteiger partial charge on any atom is -0.417 e. The van der Waals surface area contributed by atoms with Crippen LogP contribution in [-0.4, -0.2) is 35.1 Å². The van der Waals surface area contributed by atoms with E-state index in [4.69, 9.17) is 4.42 Å². The summed E-state index contributed by atoms with van der Waals surface area (Å²) < 4.78 is 5.68. The van der Waals surface area contributed by atoms with Gasteiger partial charge in [-0.05, 0) is 12.1 Å². The average Bonchev–Trinajstić information content (AvgIpc) is 3.05. The fourth-order valence-corrected chi connectivity index (χ4v) is 2.16. The molecule has 1 aromatic heterocycles. The first kappa shape index (κ1) is 9.58. The van der Waals surface area contributed by atoms with E-state index in [1.807, 2.05) is 35.2 Å². The fourth-order valence-electron chi connectivity index (χ4n) is 2.16. The van der Waals surface area contributed by atoms with Gasteiger partial charge in [-0.2, -0.15) is 0 Å². The molecule has 0 saturated carbocycles. The lowest BCUT2D eigenvalue weighted by Crippen LogP contribution is -2.29. The van der Waals surface area contributed by atoms with Gasteiger partial charge in [0.05, 0.1) is 6.54 Å². The molecule has 5 heteroatoms. The number of benzene rings is 1. The van der Waals surface area contributed by atoms with E-state index in [2.05, 4.69) is 15.0 Å². The molecule has 0 radical (unpaired) electrons. The van der Waals surface area contributed by atoms with E-state index in [-0.39, 0.29) is 0 Å². The molecule has 2 aliphatic rings. The maximum Gasteiger partial charge on any atom is 0.252 e. The summed E-state index contributed by atoms with van der Waals surface area (Å²) in [5.74, 6) is 2.01. The van der Waals surface area contributed by atoms with Crippen molar-refractivity contribution in [3.63, 3.8) is 0 Å². The van der Waals surface area contributed by atoms with Crippen molar-refractivity contribution in [1.29, 1.82) is 0 Å². The molecule has 0 unspecified atom stereocenters. The van der Waals surface area contributed by atoms with Gasteiger partial charge in [0.25, 0.3) is 5.88 Å². The summed E-state index contributed by atoms with van der Waals surface area (Å²) in [7, 11) is 0. The minimum atomic E-state index is 0.547. The van der Waals surface area contributed by atoms with E-state index in [9.17, 15) is 0 Å². The number of oxazole rings is 1. The van der Waals surface area contributed by atoms with Crippen molar-refractivity contribution >= 4 is 18.1 Å². The number of fused-ring (bicyclic) bond motifs is 3. The van der Waals surface area contributed by atoms with Gasteiger partial charge in [0.15, 0.2) is 11.5 Å². The van der Waals surface area contributed by atoms with Crippen LogP contribution in [-0.2, 0) is 0 Å². The zero-order chi connectivity index (χ0) is 11.9. The smallest absolute Gasteiger partial charge is 0.252 e. The van der Waals surface area contributed by atoms with Crippen LogP contribution in [0, 0.1) is 0 Å². The number of aromatic nitrogens is 1. The first-order chi connectivity index (χ1) is 8.92. The molecule has 88 valence electrons. The molecule has 0 bridgehead atoms. The molecule has 0 spiro atoms. The number of amidine groups is 1. The minimum absolute atomic E-state index is 0.547. The van der Waals surface area contributed by atoms with E-state index >= 15 is 0 Å². The summed E-state index contributed by atoms with van der Waals surface area (Å²) in [6.45, 7) is 1.65. The van der Waals surface area contributed by atoms with Crippen LogP contribution in [0.4, 0.5) is 5.88 Å². The number of hydrogen-bond donors (Lipinski definition) is 0. The zero-order valence-corrected chi connectivity index (χ0v) is 9.58. The van der Waals surface area contributed by atoms with Crippen molar-refractivity contribution in [2.24, 2.45) is 9.98 Å². The molecule has 0 N–H and O–H groups in total. The van der Waals surface area contributed by atoms with Crippen molar-refractivity contribution in [2.75, 3.05) is 13.1 Å². The standard InChI is InChI=1S/C13H10N4O/c1-2-4-9(5-3-1)12-16-10-11-14-6-7-17(11)8-15-13(10)18-12/h1-5,8H,6-7H2. The highest BCUT2D eigenvalue weighted by molar-refractivity contribution is 6.09. The number of rotatable bonds is 1. The molecule has 0 saturated heterocycles. The summed E-state index contributed by atoms with van der Waals surface area (Å²) in [5, 5.41) is 0. The van der Waals surface area contributed by atoms with Crippen LogP contribution in [0.3, 0.4) is 0 Å². The van der Waals surface area contributed by atoms with Gasteiger partial charge >= 0.3 is 0 Å². The van der Waals surface area contributed by atoms with Crippen molar-refractivity contribution in [3.8, 4) is 11.5 Å². The highest BCUT2D eigenvalue weighted by Gasteiger charge is 2.28. The molecule has 0 atom stereocenters. The molecule has 3 heterocycles. The van der Waals surface area contributed by atoms with E-state index in [0.717, 1.165) is 30.2 Å². The van der Waals surface area contributed by atoms with Crippen LogP contribution in [0.25, 0.3) is 11.5 Å². The molecule has 1 aromatic carbocycles. The van der Waals surface area contributed by atoms with Gasteiger partial charge in [-0.25, -0.2) is 9.98 Å². The van der Waals surface area contributed by atoms with Crippen molar-refractivity contribution in [1.82, 2.24) is 9.88 Å². The van der Waals surface area contributed by atoms with Crippen LogP contribution in [0.1, 0.15) is 5.69 Å². The summed E-state index contributed by atoms with van der Waals surface area (Å²) in [6, 6.07) is 9.82. The second kappa shape index (κ2) is 3.53. The first-order valence-electron chi connectivity index (χ1n) is 5.84. The summed E-state index contributed by atoms with van der Waals surface area (Å²) in [6.07, 6.45) is 1.76. The van der Waals surface area contributed by atoms with E-state index in [0.29, 0.717) is 11.8 Å². The van der Waals surface area contributed by atoms with Crippen LogP contribution >= 0.6 is 0 Å². The maximum atomic E-state index is 5.68. The molecule has 5 nitrogen and oxygen atoms in total. The summed E-state index contributed by atoms with van der Waals surface area (Å²) in [5.41, 5.74) is 1.70. The van der Waals surface area contributed by atoms with Crippen LogP contribution in [0.15, 0.2) is 44.7 Å². The first-order valence-corrected chi connectivity index (χ1v) is 5.84. The molecule has 0 aliphatic carbocycles. The van der Waals surface area contributed by atoms with Crippen molar-refractivity contribution in [3.05, 3.63) is 36.0 Å². The summed E-state index contributed by atoms with van der Waals surface area (Å²) in [4.78, 5) is 15.2. The van der Waals surface area contributed by atoms with E-state index in [1.165, 1.54) is 0 Å². The molecular formula is C13H10N4O. The third kappa shape index (κ3) is 1.30. The Morgan fingerprint density at radius 3 is 2.94 bits per heavy atom. The highest BCUT2D eigenvalue weighted by atomic mass is 16.4. The molecule has 2 aromatic rings. The Morgan fingerprint density at radius 1 is 1.17 bits per heavy atom. The Bertz CT molecular complexity index is 657. The molecular weight excluding hydrogens is 228 g/mol. The lowest BCUT2D eigenvalue weighted by Gasteiger charge is -2.15. The Hall–Kier alpha value is -2.43. The zero-order valence-electron chi connectivity index (χ0n) is 9.58. The van der Waals surface area contributed by atoms with Crippen LogP contribution < -0.4 is 0 Å². The second-order valence-electron chi connectivity index (χ2n) is 4.18. The van der Waals surface area contributed by atoms with Gasteiger partial charge in [0.1, 0.15) is 6.34 Å².